The maximum atomic E-state index is 11.8. The van der Waals surface area contributed by atoms with E-state index >= 15 is 0 Å². The van der Waals surface area contributed by atoms with Crippen LogP contribution in [-0.2, 0) is 14.8 Å². The average Bonchev–Trinajstić information content (AvgIpc) is 2.29. The van der Waals surface area contributed by atoms with Crippen molar-refractivity contribution in [3.63, 3.8) is 0 Å². The first-order valence-electron chi connectivity index (χ1n) is 5.92. The van der Waals surface area contributed by atoms with Crippen molar-refractivity contribution in [2.75, 3.05) is 19.5 Å². The molecule has 4 nitrogen and oxygen atoms in total. The normalized spacial score (nSPS) is 13.6. The molecular formula is C13H21NO3S. The molecule has 0 aromatic heterocycles. The van der Waals surface area contributed by atoms with Crippen LogP contribution in [0.2, 0.25) is 0 Å². The summed E-state index contributed by atoms with van der Waals surface area (Å²) in [6, 6.07) is 5.68. The lowest BCUT2D eigenvalue weighted by atomic mass is 9.99. The molecule has 5 heteroatoms. The van der Waals surface area contributed by atoms with E-state index in [1.54, 1.807) is 0 Å². The first kappa shape index (κ1) is 15.1. The molecule has 1 N–H and O–H groups in total. The smallest absolute Gasteiger partial charge is 0.214 e. The topological polar surface area (TPSA) is 55.4 Å². The van der Waals surface area contributed by atoms with E-state index in [1.807, 2.05) is 39.0 Å². The molecular weight excluding hydrogens is 250 g/mol. The predicted octanol–water partition coefficient (Wildman–Crippen LogP) is 1.93. The van der Waals surface area contributed by atoms with Gasteiger partial charge in [-0.2, -0.15) is 0 Å². The minimum Gasteiger partial charge on any atom is -0.384 e. The second-order valence-corrected chi connectivity index (χ2v) is 6.31. The summed E-state index contributed by atoms with van der Waals surface area (Å²) in [6.07, 6.45) is 0. The third-order valence-corrected chi connectivity index (χ3v) is 4.44. The number of methoxy groups -OCH3 is 1. The number of aryl methyl sites for hydroxylation is 1. The second-order valence-electron chi connectivity index (χ2n) is 4.44. The molecule has 0 bridgehead atoms. The summed E-state index contributed by atoms with van der Waals surface area (Å²) in [6.45, 7) is 6.08. The summed E-state index contributed by atoms with van der Waals surface area (Å²) in [5.41, 5.74) is 3.30. The number of hydrogen-bond donors (Lipinski definition) is 1. The van der Waals surface area contributed by atoms with Crippen LogP contribution in [0.3, 0.4) is 0 Å². The number of hydrogen-bond acceptors (Lipinski definition) is 3. The Morgan fingerprint density at radius 3 is 2.61 bits per heavy atom. The number of rotatable bonds is 6. The van der Waals surface area contributed by atoms with Crippen LogP contribution in [0, 0.1) is 13.8 Å². The maximum Gasteiger partial charge on any atom is 0.214 e. The molecule has 0 saturated carbocycles. The van der Waals surface area contributed by atoms with Crippen LogP contribution < -0.4 is 4.72 Å². The Hall–Kier alpha value is -0.910. The third kappa shape index (κ3) is 4.08. The Morgan fingerprint density at radius 1 is 1.33 bits per heavy atom. The highest BCUT2D eigenvalue weighted by molar-refractivity contribution is 7.89. The van der Waals surface area contributed by atoms with E-state index in [2.05, 4.69) is 4.72 Å². The van der Waals surface area contributed by atoms with Crippen LogP contribution >= 0.6 is 0 Å². The summed E-state index contributed by atoms with van der Waals surface area (Å²) < 4.78 is 31.0. The van der Waals surface area contributed by atoms with Crippen LogP contribution in [-0.4, -0.2) is 27.9 Å². The lowest BCUT2D eigenvalue weighted by Crippen LogP contribution is -2.31. The van der Waals surface area contributed by atoms with Crippen LogP contribution in [0.25, 0.3) is 0 Å². The second kappa shape index (κ2) is 6.31. The third-order valence-electron chi connectivity index (χ3n) is 3.03. The van der Waals surface area contributed by atoms with E-state index in [1.165, 1.54) is 7.11 Å². The van der Waals surface area contributed by atoms with Crippen molar-refractivity contribution in [1.82, 2.24) is 4.72 Å². The Labute approximate surface area is 109 Å². The monoisotopic (exact) mass is 271 g/mol. The summed E-state index contributed by atoms with van der Waals surface area (Å²) in [5.74, 6) is -0.0152. The largest absolute Gasteiger partial charge is 0.384 e. The molecule has 102 valence electrons. The van der Waals surface area contributed by atoms with E-state index in [-0.39, 0.29) is 18.4 Å². The fourth-order valence-corrected chi connectivity index (χ4v) is 3.00. The first-order chi connectivity index (χ1) is 8.37. The molecule has 0 aliphatic carbocycles. The average molecular weight is 271 g/mol. The van der Waals surface area contributed by atoms with Gasteiger partial charge >= 0.3 is 0 Å². The number of sulfonamides is 1. The van der Waals surface area contributed by atoms with E-state index in [0.717, 1.165) is 16.7 Å². The summed E-state index contributed by atoms with van der Waals surface area (Å²) >= 11 is 0. The summed E-state index contributed by atoms with van der Waals surface area (Å²) in [7, 11) is -1.81. The van der Waals surface area contributed by atoms with Crippen molar-refractivity contribution < 1.29 is 13.2 Å². The highest BCUT2D eigenvalue weighted by Gasteiger charge is 2.17. The van der Waals surface area contributed by atoms with Crippen LogP contribution in [0.5, 0.6) is 0 Å². The molecule has 0 heterocycles. The molecule has 0 unspecified atom stereocenters. The fraction of sp³-hybridized carbons (Fsp3) is 0.538. The van der Waals surface area contributed by atoms with Gasteiger partial charge in [-0.3, -0.25) is 0 Å². The minimum atomic E-state index is -3.30. The maximum absolute atomic E-state index is 11.8. The number of nitrogens with one attached hydrogen (secondary N) is 1. The zero-order chi connectivity index (χ0) is 13.8. The molecule has 1 aromatic rings. The predicted molar refractivity (Wildman–Crippen MR) is 73.1 cm³/mol. The molecule has 0 aliphatic rings. The van der Waals surface area contributed by atoms with Crippen molar-refractivity contribution in [2.45, 2.75) is 26.8 Å². The first-order valence-corrected chi connectivity index (χ1v) is 7.57. The van der Waals surface area contributed by atoms with Crippen molar-refractivity contribution in [3.8, 4) is 0 Å². The highest BCUT2D eigenvalue weighted by Crippen LogP contribution is 2.20. The molecule has 18 heavy (non-hydrogen) atoms. The SMILES string of the molecule is COCCS(=O)(=O)N[C@H](C)c1cccc(C)c1C. The van der Waals surface area contributed by atoms with Gasteiger partial charge < -0.3 is 4.74 Å². The van der Waals surface area contributed by atoms with Crippen molar-refractivity contribution in [3.05, 3.63) is 34.9 Å². The van der Waals surface area contributed by atoms with Gasteiger partial charge in [-0.05, 0) is 37.5 Å². The molecule has 0 fully saturated rings. The Balaban J connectivity index is 2.82. The van der Waals surface area contributed by atoms with E-state index in [9.17, 15) is 8.42 Å². The Bertz CT molecular complexity index is 497. The Kier molecular flexibility index (Phi) is 5.31. The van der Waals surface area contributed by atoms with Crippen molar-refractivity contribution >= 4 is 10.0 Å². The molecule has 0 saturated heterocycles. The highest BCUT2D eigenvalue weighted by atomic mass is 32.2. The van der Waals surface area contributed by atoms with Gasteiger partial charge in [0.25, 0.3) is 0 Å². The zero-order valence-electron chi connectivity index (χ0n) is 11.4. The van der Waals surface area contributed by atoms with E-state index in [4.69, 9.17) is 4.74 Å². The van der Waals surface area contributed by atoms with Gasteiger partial charge in [-0.1, -0.05) is 18.2 Å². The number of benzene rings is 1. The van der Waals surface area contributed by atoms with Gasteiger partial charge in [0.15, 0.2) is 0 Å². The lowest BCUT2D eigenvalue weighted by Gasteiger charge is -2.17. The van der Waals surface area contributed by atoms with E-state index in [0.29, 0.717) is 0 Å². The molecule has 1 aromatic carbocycles. The van der Waals surface area contributed by atoms with Crippen LogP contribution in [0.4, 0.5) is 0 Å². The van der Waals surface area contributed by atoms with E-state index < -0.39 is 10.0 Å². The van der Waals surface area contributed by atoms with Gasteiger partial charge in [-0.25, -0.2) is 13.1 Å². The van der Waals surface area contributed by atoms with Gasteiger partial charge in [0.1, 0.15) is 0 Å². The molecule has 0 amide bonds. The van der Waals surface area contributed by atoms with Gasteiger partial charge in [0.2, 0.25) is 10.0 Å². The molecule has 1 rings (SSSR count). The van der Waals surface area contributed by atoms with Gasteiger partial charge in [0, 0.05) is 13.2 Å². The van der Waals surface area contributed by atoms with Crippen molar-refractivity contribution in [2.24, 2.45) is 0 Å². The quantitative estimate of drug-likeness (QED) is 0.860. The zero-order valence-corrected chi connectivity index (χ0v) is 12.2. The summed E-state index contributed by atoms with van der Waals surface area (Å²) in [5, 5.41) is 0. The van der Waals surface area contributed by atoms with Gasteiger partial charge in [0.05, 0.1) is 12.4 Å². The standard InChI is InChI=1S/C13H21NO3S/c1-10-6-5-7-13(11(10)2)12(3)14-18(15,16)9-8-17-4/h5-7,12,14H,8-9H2,1-4H3/t12-/m1/s1. The number of ether oxygens (including phenoxy) is 1. The van der Waals surface area contributed by atoms with Crippen LogP contribution in [0.1, 0.15) is 29.7 Å². The fourth-order valence-electron chi connectivity index (χ4n) is 1.83. The van der Waals surface area contributed by atoms with Crippen LogP contribution in [0.15, 0.2) is 18.2 Å². The molecule has 0 aliphatic heterocycles. The molecule has 0 spiro atoms. The summed E-state index contributed by atoms with van der Waals surface area (Å²) in [4.78, 5) is 0. The van der Waals surface area contributed by atoms with Crippen molar-refractivity contribution in [1.29, 1.82) is 0 Å². The Morgan fingerprint density at radius 2 is 2.00 bits per heavy atom. The lowest BCUT2D eigenvalue weighted by molar-refractivity contribution is 0.216. The minimum absolute atomic E-state index is 0.0152. The van der Waals surface area contributed by atoms with Gasteiger partial charge in [-0.15, -0.1) is 0 Å². The molecule has 0 radical (unpaired) electrons. The molecule has 1 atom stereocenters.